The lowest BCUT2D eigenvalue weighted by atomic mass is 10.3. The zero-order chi connectivity index (χ0) is 10.4. The molecule has 0 unspecified atom stereocenters. The Morgan fingerprint density at radius 2 is 2.50 bits per heavy atom. The van der Waals surface area contributed by atoms with Crippen LogP contribution in [0.25, 0.3) is 0 Å². The minimum Gasteiger partial charge on any atom is -0.355 e. The number of amidine groups is 1. The summed E-state index contributed by atoms with van der Waals surface area (Å²) in [4.78, 5) is 12.1. The van der Waals surface area contributed by atoms with Crippen LogP contribution in [0, 0.1) is 21.4 Å². The normalized spacial score (nSPS) is 18.5. The summed E-state index contributed by atoms with van der Waals surface area (Å²) in [6.45, 7) is 1.51. The molecule has 0 N–H and O–H groups in total. The summed E-state index contributed by atoms with van der Waals surface area (Å²) < 4.78 is 0. The Hall–Kier alpha value is -1.64. The Morgan fingerprint density at radius 3 is 3.14 bits per heavy atom. The second kappa shape index (κ2) is 5.17. The third-order valence-corrected chi connectivity index (χ3v) is 2.11. The fourth-order valence-corrected chi connectivity index (χ4v) is 1.51. The molecule has 0 aliphatic carbocycles. The molecule has 0 atom stereocenters. The zero-order valence-electron chi connectivity index (χ0n) is 7.85. The molecular weight excluding hydrogens is 184 g/mol. The molecule has 0 bridgehead atoms. The number of rotatable bonds is 4. The van der Waals surface area contributed by atoms with Gasteiger partial charge in [-0.15, -0.1) is 0 Å². The molecular formula is C8H12N4O2. The molecule has 0 aromatic rings. The van der Waals surface area contributed by atoms with Gasteiger partial charge in [0.25, 0.3) is 0 Å². The number of likely N-dealkylation sites (tertiary alicyclic amines) is 1. The number of unbranched alkanes of at least 4 members (excludes halogenated alkanes) is 1. The van der Waals surface area contributed by atoms with Gasteiger partial charge >= 0.3 is 0 Å². The quantitative estimate of drug-likeness (QED) is 0.381. The maximum atomic E-state index is 10.2. The van der Waals surface area contributed by atoms with Crippen molar-refractivity contribution in [1.29, 1.82) is 5.26 Å². The van der Waals surface area contributed by atoms with E-state index in [9.17, 15) is 10.1 Å². The van der Waals surface area contributed by atoms with Crippen LogP contribution in [0.4, 0.5) is 0 Å². The number of hydrogen-bond acceptors (Lipinski definition) is 3. The lowest BCUT2D eigenvalue weighted by Gasteiger charge is -2.15. The van der Waals surface area contributed by atoms with Crippen molar-refractivity contribution >= 4 is 5.84 Å². The highest BCUT2D eigenvalue weighted by Gasteiger charge is 2.20. The highest BCUT2D eigenvalue weighted by molar-refractivity contribution is 5.83. The molecule has 6 nitrogen and oxygen atoms in total. The Labute approximate surface area is 82.0 Å². The number of nitrogens with zero attached hydrogens (tertiary/aromatic N) is 4. The Morgan fingerprint density at radius 1 is 1.71 bits per heavy atom. The van der Waals surface area contributed by atoms with Crippen molar-refractivity contribution in [3.05, 3.63) is 10.1 Å². The van der Waals surface area contributed by atoms with Gasteiger partial charge in [0.1, 0.15) is 0 Å². The van der Waals surface area contributed by atoms with Gasteiger partial charge in [0.15, 0.2) is 10.9 Å². The summed E-state index contributed by atoms with van der Waals surface area (Å²) in [6.07, 6.45) is 2.82. The first-order valence-electron chi connectivity index (χ1n) is 4.58. The van der Waals surface area contributed by atoms with E-state index < -0.39 is 5.03 Å². The van der Waals surface area contributed by atoms with Gasteiger partial charge in [0, 0.05) is 25.9 Å². The van der Waals surface area contributed by atoms with E-state index in [0.29, 0.717) is 25.2 Å². The first-order chi connectivity index (χ1) is 6.74. The molecule has 1 fully saturated rings. The largest absolute Gasteiger partial charge is 0.355 e. The number of hydrogen-bond donors (Lipinski definition) is 0. The molecule has 1 heterocycles. The van der Waals surface area contributed by atoms with Crippen LogP contribution in [0.2, 0.25) is 0 Å². The van der Waals surface area contributed by atoms with Crippen LogP contribution in [0.3, 0.4) is 0 Å². The van der Waals surface area contributed by atoms with Crippen LogP contribution in [-0.2, 0) is 0 Å². The van der Waals surface area contributed by atoms with Crippen molar-refractivity contribution in [2.45, 2.75) is 25.7 Å². The molecule has 1 aliphatic rings. The summed E-state index contributed by atoms with van der Waals surface area (Å²) in [5, 5.41) is 21.2. The third-order valence-electron chi connectivity index (χ3n) is 2.11. The first-order valence-corrected chi connectivity index (χ1v) is 4.58. The number of hydrazone groups is 1. The second-order valence-electron chi connectivity index (χ2n) is 3.11. The molecule has 0 radical (unpaired) electrons. The molecule has 6 heteroatoms. The summed E-state index contributed by atoms with van der Waals surface area (Å²) >= 11 is 0. The fourth-order valence-electron chi connectivity index (χ4n) is 1.51. The van der Waals surface area contributed by atoms with Crippen LogP contribution < -0.4 is 0 Å². The van der Waals surface area contributed by atoms with Gasteiger partial charge in [-0.3, -0.25) is 0 Å². The van der Waals surface area contributed by atoms with Gasteiger partial charge in [0.05, 0.1) is 11.2 Å². The van der Waals surface area contributed by atoms with Crippen molar-refractivity contribution in [2.75, 3.05) is 13.1 Å². The van der Waals surface area contributed by atoms with Crippen LogP contribution in [-0.4, -0.2) is 28.9 Å². The van der Waals surface area contributed by atoms with Crippen molar-refractivity contribution in [1.82, 2.24) is 4.90 Å². The van der Waals surface area contributed by atoms with E-state index in [1.807, 2.05) is 11.0 Å². The van der Waals surface area contributed by atoms with Crippen LogP contribution in [0.15, 0.2) is 5.10 Å². The molecule has 14 heavy (non-hydrogen) atoms. The van der Waals surface area contributed by atoms with E-state index in [4.69, 9.17) is 5.26 Å². The molecule has 0 aromatic carbocycles. The lowest BCUT2D eigenvalue weighted by Crippen LogP contribution is -2.26. The van der Waals surface area contributed by atoms with Crippen molar-refractivity contribution in [2.24, 2.45) is 5.10 Å². The monoisotopic (exact) mass is 196 g/mol. The van der Waals surface area contributed by atoms with Gasteiger partial charge in [0.2, 0.25) is 0 Å². The van der Waals surface area contributed by atoms with Gasteiger partial charge in [-0.2, -0.15) is 5.26 Å². The van der Waals surface area contributed by atoms with E-state index >= 15 is 0 Å². The molecule has 1 aliphatic heterocycles. The van der Waals surface area contributed by atoms with Gasteiger partial charge < -0.3 is 4.90 Å². The third kappa shape index (κ3) is 3.01. The van der Waals surface area contributed by atoms with E-state index in [2.05, 4.69) is 5.10 Å². The minimum atomic E-state index is -0.655. The van der Waals surface area contributed by atoms with E-state index in [1.54, 1.807) is 0 Å². The molecule has 0 saturated carbocycles. The van der Waals surface area contributed by atoms with Crippen LogP contribution in [0.1, 0.15) is 25.7 Å². The maximum absolute atomic E-state index is 10.2. The molecule has 0 aromatic heterocycles. The van der Waals surface area contributed by atoms with Crippen molar-refractivity contribution in [3.63, 3.8) is 0 Å². The summed E-state index contributed by atoms with van der Waals surface area (Å²) in [6, 6.07) is 2.05. The number of nitro groups is 1. The topological polar surface area (TPSA) is 82.5 Å². The standard InChI is InChI=1S/C8H12N4O2/c9-5-1-2-6-11-7-3-4-8(11)10-12(13)14/h1-4,6-7H2. The Kier molecular flexibility index (Phi) is 3.85. The molecule has 76 valence electrons. The average molecular weight is 196 g/mol. The van der Waals surface area contributed by atoms with Crippen molar-refractivity contribution in [3.8, 4) is 6.07 Å². The SMILES string of the molecule is N#CCCCN1CCCC1=N[N+](=O)[O-]. The summed E-state index contributed by atoms with van der Waals surface area (Å²) in [7, 11) is 0. The molecule has 1 rings (SSSR count). The Bertz CT molecular complexity index is 282. The molecule has 1 saturated heterocycles. The molecule has 0 amide bonds. The fraction of sp³-hybridized carbons (Fsp3) is 0.750. The van der Waals surface area contributed by atoms with Crippen molar-refractivity contribution < 1.29 is 5.03 Å². The van der Waals surface area contributed by atoms with Crippen LogP contribution >= 0.6 is 0 Å². The van der Waals surface area contributed by atoms with Gasteiger partial charge in [-0.25, -0.2) is 10.1 Å². The van der Waals surface area contributed by atoms with Gasteiger partial charge in [-0.1, -0.05) is 0 Å². The zero-order valence-corrected chi connectivity index (χ0v) is 7.85. The van der Waals surface area contributed by atoms with Crippen LogP contribution in [0.5, 0.6) is 0 Å². The smallest absolute Gasteiger partial charge is 0.192 e. The predicted octanol–water partition coefficient (Wildman–Crippen LogP) is 0.976. The van der Waals surface area contributed by atoms with E-state index in [-0.39, 0.29) is 0 Å². The van der Waals surface area contributed by atoms with E-state index in [0.717, 1.165) is 19.4 Å². The Balaban J connectivity index is 2.44. The minimum absolute atomic E-state index is 0.488. The maximum Gasteiger partial charge on any atom is 0.192 e. The van der Waals surface area contributed by atoms with Gasteiger partial charge in [-0.05, 0) is 12.8 Å². The first kappa shape index (κ1) is 10.4. The molecule has 0 spiro atoms. The summed E-state index contributed by atoms with van der Waals surface area (Å²) in [5.41, 5.74) is 0. The second-order valence-corrected chi connectivity index (χ2v) is 3.11. The highest BCUT2D eigenvalue weighted by atomic mass is 16.7. The predicted molar refractivity (Wildman–Crippen MR) is 50.1 cm³/mol. The lowest BCUT2D eigenvalue weighted by molar-refractivity contribution is -0.485. The summed E-state index contributed by atoms with van der Waals surface area (Å²) in [5.74, 6) is 0.549. The van der Waals surface area contributed by atoms with E-state index in [1.165, 1.54) is 0 Å². The number of nitriles is 1. The highest BCUT2D eigenvalue weighted by Crippen LogP contribution is 2.12. The average Bonchev–Trinajstić information content (AvgIpc) is 2.52.